The number of benzene rings is 2. The number of rotatable bonds is 5. The van der Waals surface area contributed by atoms with Gasteiger partial charge in [0.05, 0.1) is 4.90 Å². The van der Waals surface area contributed by atoms with Crippen LogP contribution in [0.3, 0.4) is 0 Å². The van der Waals surface area contributed by atoms with Crippen LogP contribution in [0.5, 0.6) is 0 Å². The second-order valence-electron chi connectivity index (χ2n) is 4.32. The molecular formula is C15H13NO4S. The monoisotopic (exact) mass is 303 g/mol. The lowest BCUT2D eigenvalue weighted by molar-refractivity contribution is -0.107. The van der Waals surface area contributed by atoms with Crippen molar-refractivity contribution in [2.75, 3.05) is 0 Å². The summed E-state index contributed by atoms with van der Waals surface area (Å²) in [6, 6.07) is 13.8. The molecule has 0 fully saturated rings. The Bertz CT molecular complexity index is 737. The van der Waals surface area contributed by atoms with Crippen molar-refractivity contribution in [2.45, 2.75) is 11.3 Å². The molecule has 0 bridgehead atoms. The zero-order valence-electron chi connectivity index (χ0n) is 11.0. The average molecular weight is 303 g/mol. The quantitative estimate of drug-likeness (QED) is 0.850. The summed E-state index contributed by atoms with van der Waals surface area (Å²) < 4.78 is 26.0. The second kappa shape index (κ2) is 6.32. The molecule has 0 aliphatic rings. The molecule has 0 spiro atoms. The number of carbonyl (C=O) groups is 2. The van der Waals surface area contributed by atoms with E-state index >= 15 is 0 Å². The van der Waals surface area contributed by atoms with Gasteiger partial charge in [-0.2, -0.15) is 0 Å². The van der Waals surface area contributed by atoms with Gasteiger partial charge in [-0.3, -0.25) is 4.79 Å². The Morgan fingerprint density at radius 2 is 1.62 bits per heavy atom. The third-order valence-electron chi connectivity index (χ3n) is 2.82. The van der Waals surface area contributed by atoms with Crippen molar-refractivity contribution in [3.8, 4) is 0 Å². The lowest BCUT2D eigenvalue weighted by Gasteiger charge is -2.07. The summed E-state index contributed by atoms with van der Waals surface area (Å²) in [5, 5.41) is 0. The summed E-state index contributed by atoms with van der Waals surface area (Å²) in [6.45, 7) is 0. The first-order valence-electron chi connectivity index (χ1n) is 6.18. The van der Waals surface area contributed by atoms with Gasteiger partial charge in [-0.05, 0) is 29.8 Å². The van der Waals surface area contributed by atoms with Gasteiger partial charge in [0, 0.05) is 12.0 Å². The van der Waals surface area contributed by atoms with Gasteiger partial charge in [-0.15, -0.1) is 0 Å². The molecule has 2 aromatic rings. The van der Waals surface area contributed by atoms with E-state index in [1.807, 2.05) is 4.72 Å². The topological polar surface area (TPSA) is 80.3 Å². The molecule has 0 radical (unpaired) electrons. The summed E-state index contributed by atoms with van der Waals surface area (Å²) >= 11 is 0. The van der Waals surface area contributed by atoms with E-state index in [0.717, 1.165) is 11.8 Å². The van der Waals surface area contributed by atoms with Gasteiger partial charge in [0.25, 0.3) is 15.9 Å². The number of carbonyl (C=O) groups excluding carboxylic acids is 2. The van der Waals surface area contributed by atoms with Crippen molar-refractivity contribution in [1.82, 2.24) is 4.72 Å². The van der Waals surface area contributed by atoms with Crippen molar-refractivity contribution in [3.63, 3.8) is 0 Å². The molecule has 0 aliphatic heterocycles. The van der Waals surface area contributed by atoms with E-state index in [9.17, 15) is 18.0 Å². The van der Waals surface area contributed by atoms with E-state index in [-0.39, 0.29) is 16.9 Å². The molecule has 108 valence electrons. The fourth-order valence-electron chi connectivity index (χ4n) is 1.73. The Kier molecular flexibility index (Phi) is 4.49. The minimum absolute atomic E-state index is 0.0240. The van der Waals surface area contributed by atoms with Crippen LogP contribution in [-0.4, -0.2) is 20.6 Å². The van der Waals surface area contributed by atoms with Crippen molar-refractivity contribution in [2.24, 2.45) is 0 Å². The predicted molar refractivity (Wildman–Crippen MR) is 77.3 cm³/mol. The van der Waals surface area contributed by atoms with Crippen LogP contribution in [-0.2, 0) is 21.2 Å². The van der Waals surface area contributed by atoms with E-state index in [0.29, 0.717) is 0 Å². The van der Waals surface area contributed by atoms with Crippen molar-refractivity contribution in [1.29, 1.82) is 0 Å². The fourth-order valence-corrected chi connectivity index (χ4v) is 2.72. The van der Waals surface area contributed by atoms with Crippen molar-refractivity contribution in [3.05, 3.63) is 65.7 Å². The number of hydrogen-bond acceptors (Lipinski definition) is 4. The second-order valence-corrected chi connectivity index (χ2v) is 6.00. The highest BCUT2D eigenvalue weighted by Gasteiger charge is 2.18. The first-order valence-corrected chi connectivity index (χ1v) is 7.66. The molecule has 0 unspecified atom stereocenters. The summed E-state index contributed by atoms with van der Waals surface area (Å²) in [4.78, 5) is 22.3. The summed E-state index contributed by atoms with van der Waals surface area (Å²) in [7, 11) is -3.88. The highest BCUT2D eigenvalue weighted by Crippen LogP contribution is 2.09. The molecule has 21 heavy (non-hydrogen) atoms. The zero-order chi connectivity index (χ0) is 15.3. The largest absolute Gasteiger partial charge is 0.303 e. The first kappa shape index (κ1) is 14.9. The third kappa shape index (κ3) is 3.76. The molecule has 6 heteroatoms. The van der Waals surface area contributed by atoms with Gasteiger partial charge in [0.2, 0.25) is 0 Å². The summed E-state index contributed by atoms with van der Waals surface area (Å²) in [5.74, 6) is -0.712. The molecule has 2 aromatic carbocycles. The van der Waals surface area contributed by atoms with Crippen LogP contribution in [0.15, 0.2) is 59.5 Å². The molecule has 5 nitrogen and oxygen atoms in total. The highest BCUT2D eigenvalue weighted by molar-refractivity contribution is 7.90. The van der Waals surface area contributed by atoms with Gasteiger partial charge in [0.15, 0.2) is 0 Å². The molecule has 0 aliphatic carbocycles. The van der Waals surface area contributed by atoms with E-state index in [4.69, 9.17) is 0 Å². The minimum Gasteiger partial charge on any atom is -0.303 e. The normalized spacial score (nSPS) is 10.9. The fraction of sp³-hybridized carbons (Fsp3) is 0.0667. The van der Waals surface area contributed by atoms with E-state index in [1.54, 1.807) is 30.3 Å². The number of sulfonamides is 1. The average Bonchev–Trinajstić information content (AvgIpc) is 2.49. The van der Waals surface area contributed by atoms with Crippen LogP contribution < -0.4 is 4.72 Å². The predicted octanol–water partition coefficient (Wildman–Crippen LogP) is 1.55. The molecule has 1 amide bonds. The van der Waals surface area contributed by atoms with Gasteiger partial charge < -0.3 is 4.79 Å². The zero-order valence-corrected chi connectivity index (χ0v) is 11.8. The SMILES string of the molecule is O=CCc1ccc(C(=O)NS(=O)(=O)c2ccccc2)cc1. The molecule has 0 aromatic heterocycles. The van der Waals surface area contributed by atoms with Gasteiger partial charge in [-0.25, -0.2) is 13.1 Å². The van der Waals surface area contributed by atoms with Crippen LogP contribution in [0.2, 0.25) is 0 Å². The highest BCUT2D eigenvalue weighted by atomic mass is 32.2. The maximum Gasteiger partial charge on any atom is 0.264 e. The van der Waals surface area contributed by atoms with E-state index in [2.05, 4.69) is 0 Å². The lowest BCUT2D eigenvalue weighted by Crippen LogP contribution is -2.30. The van der Waals surface area contributed by atoms with E-state index in [1.165, 1.54) is 24.3 Å². The van der Waals surface area contributed by atoms with Crippen molar-refractivity contribution >= 4 is 22.2 Å². The number of amides is 1. The molecule has 0 atom stereocenters. The number of nitrogens with one attached hydrogen (secondary N) is 1. The maximum atomic E-state index is 12.0. The van der Waals surface area contributed by atoms with Gasteiger partial charge >= 0.3 is 0 Å². The first-order chi connectivity index (χ1) is 10.0. The Morgan fingerprint density at radius 1 is 1.00 bits per heavy atom. The Hall–Kier alpha value is -2.47. The Balaban J connectivity index is 2.16. The maximum absolute atomic E-state index is 12.0. The molecule has 1 N–H and O–H groups in total. The molecule has 2 rings (SSSR count). The van der Waals surface area contributed by atoms with Crippen LogP contribution in [0.4, 0.5) is 0 Å². The van der Waals surface area contributed by atoms with E-state index < -0.39 is 15.9 Å². The molecule has 0 heterocycles. The van der Waals surface area contributed by atoms with Crippen LogP contribution in [0.25, 0.3) is 0 Å². The number of aldehydes is 1. The summed E-state index contributed by atoms with van der Waals surface area (Å²) in [6.07, 6.45) is 1.01. The van der Waals surface area contributed by atoms with Crippen LogP contribution in [0.1, 0.15) is 15.9 Å². The standard InChI is InChI=1S/C15H13NO4S/c17-11-10-12-6-8-13(9-7-12)15(18)16-21(19,20)14-4-2-1-3-5-14/h1-9,11H,10H2,(H,16,18). The smallest absolute Gasteiger partial charge is 0.264 e. The van der Waals surface area contributed by atoms with Crippen LogP contribution >= 0.6 is 0 Å². The Labute approximate surface area is 122 Å². The Morgan fingerprint density at radius 3 is 2.19 bits per heavy atom. The van der Waals surface area contributed by atoms with Crippen molar-refractivity contribution < 1.29 is 18.0 Å². The molecule has 0 saturated carbocycles. The summed E-state index contributed by atoms with van der Waals surface area (Å²) in [5.41, 5.74) is 0.969. The molecular weight excluding hydrogens is 290 g/mol. The minimum atomic E-state index is -3.88. The lowest BCUT2D eigenvalue weighted by atomic mass is 10.1. The van der Waals surface area contributed by atoms with Gasteiger partial charge in [-0.1, -0.05) is 30.3 Å². The third-order valence-corrected chi connectivity index (χ3v) is 4.16. The van der Waals surface area contributed by atoms with Gasteiger partial charge in [0.1, 0.15) is 6.29 Å². The molecule has 0 saturated heterocycles. The number of hydrogen-bond donors (Lipinski definition) is 1. The van der Waals surface area contributed by atoms with Crippen LogP contribution in [0, 0.1) is 0 Å².